The number of carbonyl (C=O) groups excluding carboxylic acids is 1. The monoisotopic (exact) mass is 531 g/mol. The molecule has 0 unspecified atom stereocenters. The van der Waals surface area contributed by atoms with E-state index < -0.39 is 0 Å². The molecule has 0 spiro atoms. The van der Waals surface area contributed by atoms with Crippen molar-refractivity contribution < 1.29 is 9.90 Å². The molecule has 0 heterocycles. The molecule has 1 aromatic rings. The van der Waals surface area contributed by atoms with Gasteiger partial charge >= 0.3 is 0 Å². The van der Waals surface area contributed by atoms with Crippen LogP contribution in [-0.4, -0.2) is 11.0 Å². The Balaban J connectivity index is 1.97. The quantitative estimate of drug-likeness (QED) is 0.221. The van der Waals surface area contributed by atoms with Crippen molar-refractivity contribution in [3.05, 3.63) is 86.1 Å². The van der Waals surface area contributed by atoms with E-state index in [0.29, 0.717) is 0 Å². The Labute approximate surface area is 200 Å². The van der Waals surface area contributed by atoms with E-state index in [4.69, 9.17) is 0 Å². The Morgan fingerprint density at radius 3 is 2.61 bits per heavy atom. The molecule has 0 aliphatic heterocycles. The number of rotatable bonds is 7. The topological polar surface area (TPSA) is 49.3 Å². The summed E-state index contributed by atoms with van der Waals surface area (Å²) in [6.45, 7) is 10.9. The van der Waals surface area contributed by atoms with Gasteiger partial charge in [0.15, 0.2) is 0 Å². The van der Waals surface area contributed by atoms with Crippen molar-refractivity contribution in [1.29, 1.82) is 0 Å². The third kappa shape index (κ3) is 7.93. The second kappa shape index (κ2) is 11.6. The first kappa shape index (κ1) is 25.3. The highest BCUT2D eigenvalue weighted by atomic mass is 127. The van der Waals surface area contributed by atoms with Gasteiger partial charge in [0.2, 0.25) is 5.91 Å². The van der Waals surface area contributed by atoms with Crippen LogP contribution in [0.25, 0.3) is 0 Å². The van der Waals surface area contributed by atoms with Crippen LogP contribution < -0.4 is 5.32 Å². The number of halogens is 1. The van der Waals surface area contributed by atoms with E-state index >= 15 is 0 Å². The minimum Gasteiger partial charge on any atom is -0.392 e. The zero-order valence-corrected chi connectivity index (χ0v) is 21.4. The number of aliphatic hydroxyl groups is 1. The van der Waals surface area contributed by atoms with Crippen LogP contribution in [0.5, 0.6) is 0 Å². The third-order valence-electron chi connectivity index (χ3n) is 5.62. The van der Waals surface area contributed by atoms with Gasteiger partial charge < -0.3 is 10.4 Å². The van der Waals surface area contributed by atoms with E-state index in [-0.39, 0.29) is 17.9 Å². The molecule has 0 aromatic heterocycles. The minimum atomic E-state index is -0.169. The molecule has 2 rings (SSSR count). The summed E-state index contributed by atoms with van der Waals surface area (Å²) in [4.78, 5) is 12.2. The number of hydrogen-bond acceptors (Lipinski definition) is 2. The number of hydrogen-bond donors (Lipinski definition) is 2. The summed E-state index contributed by atoms with van der Waals surface area (Å²) >= 11 is 2.15. The summed E-state index contributed by atoms with van der Waals surface area (Å²) in [5.41, 5.74) is 6.83. The number of carbonyl (C=O) groups is 1. The van der Waals surface area contributed by atoms with Gasteiger partial charge in [-0.3, -0.25) is 4.79 Å². The van der Waals surface area contributed by atoms with Crippen LogP contribution in [0.2, 0.25) is 0 Å². The van der Waals surface area contributed by atoms with Crippen molar-refractivity contribution in [2.75, 3.05) is 5.32 Å². The molecule has 166 valence electrons. The fourth-order valence-electron chi connectivity index (χ4n) is 3.82. The molecule has 1 amide bonds. The molecule has 1 aromatic carbocycles. The zero-order chi connectivity index (χ0) is 23.0. The van der Waals surface area contributed by atoms with E-state index in [1.807, 2.05) is 31.2 Å². The predicted molar refractivity (Wildman–Crippen MR) is 140 cm³/mol. The second-order valence-corrected chi connectivity index (χ2v) is 10.0. The lowest BCUT2D eigenvalue weighted by atomic mass is 9.72. The molecule has 1 aliphatic carbocycles. The normalized spacial score (nSPS) is 17.6. The zero-order valence-electron chi connectivity index (χ0n) is 19.3. The van der Waals surface area contributed by atoms with Gasteiger partial charge in [-0.2, -0.15) is 0 Å². The summed E-state index contributed by atoms with van der Waals surface area (Å²) in [6, 6.07) is 5.47. The van der Waals surface area contributed by atoms with Gasteiger partial charge in [0.25, 0.3) is 0 Å². The van der Waals surface area contributed by atoms with E-state index in [1.165, 1.54) is 36.0 Å². The van der Waals surface area contributed by atoms with Gasteiger partial charge in [0, 0.05) is 15.3 Å². The highest BCUT2D eigenvalue weighted by Gasteiger charge is 2.26. The van der Waals surface area contributed by atoms with Gasteiger partial charge in [-0.25, -0.2) is 0 Å². The van der Waals surface area contributed by atoms with Crippen molar-refractivity contribution in [2.24, 2.45) is 5.41 Å². The summed E-state index contributed by atoms with van der Waals surface area (Å²) in [5.74, 6) is -0.169. The molecule has 0 bridgehead atoms. The molecular formula is C27H34INO2. The van der Waals surface area contributed by atoms with Gasteiger partial charge in [-0.1, -0.05) is 61.4 Å². The summed E-state index contributed by atoms with van der Waals surface area (Å²) < 4.78 is 0.926. The van der Waals surface area contributed by atoms with Gasteiger partial charge in [-0.15, -0.1) is 0 Å². The predicted octanol–water partition coefficient (Wildman–Crippen LogP) is 7.25. The molecule has 0 saturated heterocycles. The highest BCUT2D eigenvalue weighted by Crippen LogP contribution is 2.40. The van der Waals surface area contributed by atoms with Crippen LogP contribution >= 0.6 is 22.6 Å². The molecular weight excluding hydrogens is 497 g/mol. The van der Waals surface area contributed by atoms with Crippen molar-refractivity contribution in [3.63, 3.8) is 0 Å². The van der Waals surface area contributed by atoms with Crippen molar-refractivity contribution in [3.8, 4) is 0 Å². The number of anilines is 1. The van der Waals surface area contributed by atoms with E-state index in [1.54, 1.807) is 12.1 Å². The maximum atomic E-state index is 12.2. The molecule has 0 radical (unpaired) electrons. The number of aliphatic hydroxyl groups excluding tert-OH is 1. The van der Waals surface area contributed by atoms with E-state index in [2.05, 4.69) is 73.8 Å². The fraction of sp³-hybridized carbons (Fsp3) is 0.370. The first-order valence-corrected chi connectivity index (χ1v) is 11.8. The molecule has 2 N–H and O–H groups in total. The van der Waals surface area contributed by atoms with Crippen LogP contribution in [0.1, 0.15) is 59.4 Å². The van der Waals surface area contributed by atoms with Gasteiger partial charge in [-0.05, 0) is 96.9 Å². The largest absolute Gasteiger partial charge is 0.392 e. The third-order valence-corrected chi connectivity index (χ3v) is 6.63. The summed E-state index contributed by atoms with van der Waals surface area (Å²) in [5, 5.41) is 12.1. The van der Waals surface area contributed by atoms with Gasteiger partial charge in [0.05, 0.1) is 6.61 Å². The first-order chi connectivity index (χ1) is 14.6. The fourth-order valence-corrected chi connectivity index (χ4v) is 4.50. The number of benzene rings is 1. The number of allylic oxidation sites excluding steroid dienone is 9. The van der Waals surface area contributed by atoms with E-state index in [9.17, 15) is 9.90 Å². The standard InChI is InChI=1S/C27H34INO2/c1-19(11-14-24-21(3)10-7-15-27(24,4)5)8-6-9-20(2)16-26(31)29-23-13-12-22(18-30)25(28)17-23/h6,8-9,11-14,16-17,30H,7,10,15,18H2,1-5H3,(H,29,31)/b9-6+,14-11+,19-8+,20-16+. The Morgan fingerprint density at radius 1 is 1.23 bits per heavy atom. The summed E-state index contributed by atoms with van der Waals surface area (Å²) in [6.07, 6.45) is 15.7. The lowest BCUT2D eigenvalue weighted by Gasteiger charge is -2.32. The maximum absolute atomic E-state index is 12.2. The van der Waals surface area contributed by atoms with Crippen LogP contribution in [0.4, 0.5) is 5.69 Å². The van der Waals surface area contributed by atoms with E-state index in [0.717, 1.165) is 20.4 Å². The summed E-state index contributed by atoms with van der Waals surface area (Å²) in [7, 11) is 0. The highest BCUT2D eigenvalue weighted by molar-refractivity contribution is 14.1. The van der Waals surface area contributed by atoms with Crippen LogP contribution in [0.15, 0.2) is 76.9 Å². The first-order valence-electron chi connectivity index (χ1n) is 10.7. The Hall–Kier alpha value is -1.92. The molecule has 1 aliphatic rings. The SMILES string of the molecule is CC1=C(/C=C/C(C)=C/C=C/C(C)=C/C(=O)Nc2ccc(CO)c(I)c2)C(C)(C)CCC1. The lowest BCUT2D eigenvalue weighted by molar-refractivity contribution is -0.111. The molecule has 4 heteroatoms. The maximum Gasteiger partial charge on any atom is 0.248 e. The Bertz CT molecular complexity index is 961. The molecule has 0 atom stereocenters. The molecule has 0 saturated carbocycles. The van der Waals surface area contributed by atoms with Crippen molar-refractivity contribution in [2.45, 2.75) is 60.5 Å². The van der Waals surface area contributed by atoms with Crippen molar-refractivity contribution in [1.82, 2.24) is 0 Å². The Kier molecular flexibility index (Phi) is 9.51. The smallest absolute Gasteiger partial charge is 0.248 e. The van der Waals surface area contributed by atoms with Crippen LogP contribution in [0.3, 0.4) is 0 Å². The number of amides is 1. The van der Waals surface area contributed by atoms with Crippen molar-refractivity contribution >= 4 is 34.2 Å². The Morgan fingerprint density at radius 2 is 1.97 bits per heavy atom. The molecule has 0 fully saturated rings. The molecule has 3 nitrogen and oxygen atoms in total. The van der Waals surface area contributed by atoms with Crippen LogP contribution in [0, 0.1) is 8.99 Å². The van der Waals surface area contributed by atoms with Crippen LogP contribution in [-0.2, 0) is 11.4 Å². The minimum absolute atomic E-state index is 0.00655. The average Bonchev–Trinajstić information content (AvgIpc) is 2.67. The number of nitrogens with one attached hydrogen (secondary N) is 1. The second-order valence-electron chi connectivity index (χ2n) is 8.88. The average molecular weight is 531 g/mol. The van der Waals surface area contributed by atoms with Gasteiger partial charge in [0.1, 0.15) is 0 Å². The molecule has 31 heavy (non-hydrogen) atoms. The lowest BCUT2D eigenvalue weighted by Crippen LogP contribution is -2.19.